The number of halogens is 1. The molecule has 0 radical (unpaired) electrons. The maximum Gasteiger partial charge on any atom is 1.00 e. The van der Waals surface area contributed by atoms with Crippen LogP contribution in [-0.4, -0.2) is 35.1 Å². The van der Waals surface area contributed by atoms with Crippen molar-refractivity contribution in [1.82, 2.24) is 0 Å². The van der Waals surface area contributed by atoms with Gasteiger partial charge in [0.05, 0.1) is 16.6 Å². The molecule has 0 aromatic heterocycles. The molecule has 0 fully saturated rings. The molecule has 0 heterocycles. The second-order valence-electron chi connectivity index (χ2n) is 7.31. The van der Waals surface area contributed by atoms with Gasteiger partial charge in [-0.1, -0.05) is 20.8 Å². The molecule has 0 unspecified atom stereocenters. The largest absolute Gasteiger partial charge is 1.00 e. The molecule has 1 aromatic rings. The number of hydrogen-bond donors (Lipinski definition) is 0. The number of hydrogen-bond acceptors (Lipinski definition) is 5. The summed E-state index contributed by atoms with van der Waals surface area (Å²) in [5.41, 5.74) is -0.602. The van der Waals surface area contributed by atoms with Crippen LogP contribution in [0.1, 0.15) is 36.7 Å². The number of aromatic carboxylic acids is 1. The van der Waals surface area contributed by atoms with Crippen molar-refractivity contribution in [3.63, 3.8) is 0 Å². The number of sulfone groups is 1. The number of carboxylic acids is 1. The van der Waals surface area contributed by atoms with Gasteiger partial charge in [-0.25, -0.2) is 12.8 Å². The van der Waals surface area contributed by atoms with Gasteiger partial charge in [-0.3, -0.25) is 0 Å². The Hall–Kier alpha value is -0.656. The van der Waals surface area contributed by atoms with E-state index in [1.54, 1.807) is 0 Å². The SMILES string of the molecule is Cc1cc(F)c(C(=O)[O-])cc1S(=O)(=O)CCO[Si](C)(C)C(C)(C)C.[Li+]. The second-order valence-corrected chi connectivity index (χ2v) is 14.2. The third-order valence-electron chi connectivity index (χ3n) is 4.44. The topological polar surface area (TPSA) is 83.5 Å². The summed E-state index contributed by atoms with van der Waals surface area (Å²) in [6.45, 7) is 11.6. The summed E-state index contributed by atoms with van der Waals surface area (Å²) in [6.07, 6.45) is 0. The Morgan fingerprint density at radius 2 is 1.80 bits per heavy atom. The summed E-state index contributed by atoms with van der Waals surface area (Å²) in [7, 11) is -5.88. The van der Waals surface area contributed by atoms with E-state index in [0.29, 0.717) is 0 Å². The molecule has 0 N–H and O–H groups in total. The van der Waals surface area contributed by atoms with Crippen LogP contribution in [-0.2, 0) is 14.3 Å². The summed E-state index contributed by atoms with van der Waals surface area (Å²) in [5, 5.41) is 10.9. The molecule has 0 bridgehead atoms. The van der Waals surface area contributed by atoms with Gasteiger partial charge in [-0.2, -0.15) is 0 Å². The van der Waals surface area contributed by atoms with Crippen molar-refractivity contribution in [3.8, 4) is 0 Å². The van der Waals surface area contributed by atoms with Gasteiger partial charge in [0.15, 0.2) is 18.2 Å². The fourth-order valence-corrected chi connectivity index (χ4v) is 4.44. The minimum absolute atomic E-state index is 0. The van der Waals surface area contributed by atoms with Crippen molar-refractivity contribution in [3.05, 3.63) is 29.1 Å². The Balaban J connectivity index is 0.00000576. The Kier molecular flexibility index (Phi) is 8.14. The van der Waals surface area contributed by atoms with Crippen LogP contribution in [0.3, 0.4) is 0 Å². The van der Waals surface area contributed by atoms with E-state index in [9.17, 15) is 22.7 Å². The predicted octanol–water partition coefficient (Wildman–Crippen LogP) is -0.703. The number of rotatable bonds is 6. The molecule has 9 heteroatoms. The number of carboxylic acid groups (broad SMARTS) is 1. The number of carbonyl (C=O) groups is 1. The third-order valence-corrected chi connectivity index (χ3v) is 10.8. The maximum absolute atomic E-state index is 13.6. The molecule has 0 saturated carbocycles. The molecule has 0 aliphatic rings. The molecule has 1 aromatic carbocycles. The van der Waals surface area contributed by atoms with Gasteiger partial charge in [-0.15, -0.1) is 0 Å². The van der Waals surface area contributed by atoms with Crippen LogP contribution < -0.4 is 24.0 Å². The number of carbonyl (C=O) groups excluding carboxylic acids is 1. The van der Waals surface area contributed by atoms with Crippen LogP contribution in [0, 0.1) is 12.7 Å². The Labute approximate surface area is 162 Å². The standard InChI is InChI=1S/C16H25FO5SSi.Li/c1-11-9-13(17)12(15(18)19)10-14(11)23(20,21)8-7-22-24(5,6)16(2,3)4;/h9-10H,7-8H2,1-6H3,(H,18,19);/q;+1/p-1. The predicted molar refractivity (Wildman–Crippen MR) is 90.7 cm³/mol. The van der Waals surface area contributed by atoms with Crippen molar-refractivity contribution in [1.29, 1.82) is 0 Å². The van der Waals surface area contributed by atoms with Crippen molar-refractivity contribution >= 4 is 24.1 Å². The Bertz CT molecular complexity index is 742. The molecule has 0 spiro atoms. The van der Waals surface area contributed by atoms with Crippen molar-refractivity contribution in [2.75, 3.05) is 12.4 Å². The van der Waals surface area contributed by atoms with Gasteiger partial charge in [-0.05, 0) is 42.8 Å². The zero-order valence-corrected chi connectivity index (χ0v) is 17.7. The second kappa shape index (κ2) is 8.36. The van der Waals surface area contributed by atoms with E-state index in [1.807, 2.05) is 33.9 Å². The molecular formula is C16H24FLiO5SSi. The van der Waals surface area contributed by atoms with E-state index in [4.69, 9.17) is 4.43 Å². The fourth-order valence-electron chi connectivity index (χ4n) is 1.88. The van der Waals surface area contributed by atoms with E-state index in [-0.39, 0.29) is 46.7 Å². The van der Waals surface area contributed by atoms with E-state index in [1.165, 1.54) is 6.92 Å². The van der Waals surface area contributed by atoms with Crippen LogP contribution in [0.2, 0.25) is 18.1 Å². The molecular weight excluding hydrogens is 358 g/mol. The summed E-state index contributed by atoms with van der Waals surface area (Å²) in [4.78, 5) is 10.7. The zero-order valence-electron chi connectivity index (χ0n) is 15.9. The Morgan fingerprint density at radius 1 is 1.28 bits per heavy atom. The third kappa shape index (κ3) is 5.93. The molecule has 25 heavy (non-hydrogen) atoms. The molecule has 136 valence electrons. The minimum atomic E-state index is -3.79. The first kappa shape index (κ1) is 24.3. The summed E-state index contributed by atoms with van der Waals surface area (Å²) in [5.74, 6) is -3.05. The maximum atomic E-state index is 13.6. The first-order valence-corrected chi connectivity index (χ1v) is 12.1. The van der Waals surface area contributed by atoms with Gasteiger partial charge in [0.25, 0.3) is 0 Å². The van der Waals surface area contributed by atoms with Crippen molar-refractivity contribution in [2.45, 2.75) is 50.7 Å². The van der Waals surface area contributed by atoms with E-state index >= 15 is 0 Å². The van der Waals surface area contributed by atoms with Gasteiger partial charge >= 0.3 is 18.9 Å². The first-order chi connectivity index (χ1) is 10.7. The molecule has 1 rings (SSSR count). The smallest absolute Gasteiger partial charge is 0.545 e. The molecule has 0 aliphatic heterocycles. The van der Waals surface area contributed by atoms with E-state index < -0.39 is 35.5 Å². The monoisotopic (exact) mass is 382 g/mol. The minimum Gasteiger partial charge on any atom is -0.545 e. The van der Waals surface area contributed by atoms with Crippen LogP contribution in [0.5, 0.6) is 0 Å². The van der Waals surface area contributed by atoms with E-state index in [2.05, 4.69) is 0 Å². The number of aryl methyl sites for hydroxylation is 1. The van der Waals surface area contributed by atoms with Crippen LogP contribution >= 0.6 is 0 Å². The normalized spacial score (nSPS) is 12.6. The van der Waals surface area contributed by atoms with E-state index in [0.717, 1.165) is 12.1 Å². The first-order valence-electron chi connectivity index (χ1n) is 7.57. The average molecular weight is 382 g/mol. The Morgan fingerprint density at radius 3 is 2.24 bits per heavy atom. The van der Waals surface area contributed by atoms with Crippen LogP contribution in [0.25, 0.3) is 0 Å². The molecule has 5 nitrogen and oxygen atoms in total. The van der Waals surface area contributed by atoms with Gasteiger partial charge in [0.1, 0.15) is 5.82 Å². The fraction of sp³-hybridized carbons (Fsp3) is 0.562. The van der Waals surface area contributed by atoms with Gasteiger partial charge in [0.2, 0.25) is 0 Å². The summed E-state index contributed by atoms with van der Waals surface area (Å²) < 4.78 is 44.4. The van der Waals surface area contributed by atoms with Crippen molar-refractivity contribution in [2.24, 2.45) is 0 Å². The molecule has 0 saturated heterocycles. The molecule has 0 amide bonds. The molecule has 0 aliphatic carbocycles. The average Bonchev–Trinajstić information content (AvgIpc) is 2.35. The van der Waals surface area contributed by atoms with Gasteiger partial charge < -0.3 is 14.3 Å². The molecule has 0 atom stereocenters. The van der Waals surface area contributed by atoms with Crippen LogP contribution in [0.15, 0.2) is 17.0 Å². The quantitative estimate of drug-likeness (QED) is 0.480. The van der Waals surface area contributed by atoms with Crippen molar-refractivity contribution < 1.29 is 46.0 Å². The zero-order chi connectivity index (χ0) is 18.9. The summed E-state index contributed by atoms with van der Waals surface area (Å²) >= 11 is 0. The van der Waals surface area contributed by atoms with Crippen LogP contribution in [0.4, 0.5) is 4.39 Å². The summed E-state index contributed by atoms with van der Waals surface area (Å²) in [6, 6.07) is 1.72. The number of benzene rings is 1. The van der Waals surface area contributed by atoms with Gasteiger partial charge in [0, 0.05) is 12.2 Å².